The van der Waals surface area contributed by atoms with Crippen molar-refractivity contribution >= 4 is 21.8 Å². The Morgan fingerprint density at radius 1 is 1.35 bits per heavy atom. The van der Waals surface area contributed by atoms with Crippen LogP contribution in [0.4, 0.5) is 0 Å². The largest absolute Gasteiger partial charge is 0.329 e. The summed E-state index contributed by atoms with van der Waals surface area (Å²) in [6.45, 7) is 3.91. The van der Waals surface area contributed by atoms with E-state index in [9.17, 15) is 8.42 Å². The van der Waals surface area contributed by atoms with Crippen molar-refractivity contribution in [1.29, 1.82) is 0 Å². The molecule has 0 aromatic carbocycles. The van der Waals surface area contributed by atoms with Crippen LogP contribution in [0, 0.1) is 0 Å². The van der Waals surface area contributed by atoms with Crippen LogP contribution in [0.1, 0.15) is 32.6 Å². The highest BCUT2D eigenvalue weighted by Gasteiger charge is 2.36. The Morgan fingerprint density at radius 3 is 2.35 bits per heavy atom. The number of thioether (sulfide) groups is 1. The number of nitrogens with two attached hydrogens (primary N) is 1. The van der Waals surface area contributed by atoms with Crippen LogP contribution in [0.25, 0.3) is 0 Å². The van der Waals surface area contributed by atoms with Gasteiger partial charge in [0.1, 0.15) is 0 Å². The van der Waals surface area contributed by atoms with Gasteiger partial charge >= 0.3 is 0 Å². The van der Waals surface area contributed by atoms with Crippen molar-refractivity contribution in [1.82, 2.24) is 4.31 Å². The molecule has 0 unspecified atom stereocenters. The lowest BCUT2D eigenvalue weighted by Crippen LogP contribution is -2.48. The second-order valence-corrected chi connectivity index (χ2v) is 8.02. The third kappa shape index (κ3) is 3.84. The molecule has 1 saturated heterocycles. The number of sulfonamides is 1. The standard InChI is InChI=1S/C11H24N2O2S2/c1-3-4-9-17(14,15)13-7-5-11(10-12,16-2)6-8-13/h3-10,12H2,1-2H3. The topological polar surface area (TPSA) is 63.4 Å². The quantitative estimate of drug-likeness (QED) is 0.796. The first-order chi connectivity index (χ1) is 7.99. The highest BCUT2D eigenvalue weighted by atomic mass is 32.2. The molecule has 17 heavy (non-hydrogen) atoms. The summed E-state index contributed by atoms with van der Waals surface area (Å²) in [6, 6.07) is 0. The molecule has 0 amide bonds. The van der Waals surface area contributed by atoms with Gasteiger partial charge in [-0.15, -0.1) is 0 Å². The third-order valence-corrected chi connectivity index (χ3v) is 6.99. The van der Waals surface area contributed by atoms with Crippen molar-refractivity contribution in [2.45, 2.75) is 37.4 Å². The lowest BCUT2D eigenvalue weighted by atomic mass is 9.97. The van der Waals surface area contributed by atoms with Gasteiger partial charge in [-0.3, -0.25) is 0 Å². The Balaban J connectivity index is 2.57. The van der Waals surface area contributed by atoms with Crippen molar-refractivity contribution in [3.63, 3.8) is 0 Å². The summed E-state index contributed by atoms with van der Waals surface area (Å²) in [4.78, 5) is 0. The molecule has 2 N–H and O–H groups in total. The van der Waals surface area contributed by atoms with Crippen LogP contribution >= 0.6 is 11.8 Å². The van der Waals surface area contributed by atoms with E-state index in [1.165, 1.54) is 0 Å². The molecule has 0 atom stereocenters. The smallest absolute Gasteiger partial charge is 0.214 e. The van der Waals surface area contributed by atoms with Gasteiger partial charge in [0, 0.05) is 24.4 Å². The molecule has 6 heteroatoms. The monoisotopic (exact) mass is 280 g/mol. The SMILES string of the molecule is CCCCS(=O)(=O)N1CCC(CN)(SC)CC1. The molecule has 1 fully saturated rings. The molecule has 0 spiro atoms. The summed E-state index contributed by atoms with van der Waals surface area (Å²) in [7, 11) is -3.03. The van der Waals surface area contributed by atoms with Gasteiger partial charge in [0.15, 0.2) is 0 Å². The minimum absolute atomic E-state index is 0.0940. The number of unbranched alkanes of at least 4 members (excludes halogenated alkanes) is 1. The molecule has 0 aromatic heterocycles. The van der Waals surface area contributed by atoms with Crippen molar-refractivity contribution in [3.8, 4) is 0 Å². The summed E-state index contributed by atoms with van der Waals surface area (Å²) < 4.78 is 25.8. The molecule has 1 aliphatic rings. The fourth-order valence-corrected chi connectivity index (χ4v) is 4.53. The maximum atomic E-state index is 12.0. The second kappa shape index (κ2) is 6.41. The van der Waals surface area contributed by atoms with Crippen molar-refractivity contribution in [2.75, 3.05) is 31.6 Å². The van der Waals surface area contributed by atoms with Crippen molar-refractivity contribution in [3.05, 3.63) is 0 Å². The molecule has 0 aromatic rings. The molecule has 0 radical (unpaired) electrons. The van der Waals surface area contributed by atoms with E-state index < -0.39 is 10.0 Å². The molecular weight excluding hydrogens is 256 g/mol. The van der Waals surface area contributed by atoms with Crippen LogP contribution in [0.15, 0.2) is 0 Å². The number of rotatable bonds is 6. The van der Waals surface area contributed by atoms with Gasteiger partial charge in [-0.1, -0.05) is 13.3 Å². The average Bonchev–Trinajstić information content (AvgIpc) is 2.36. The van der Waals surface area contributed by atoms with E-state index in [1.807, 2.05) is 6.92 Å². The van der Waals surface area contributed by atoms with E-state index in [4.69, 9.17) is 5.73 Å². The van der Waals surface area contributed by atoms with Gasteiger partial charge in [0.25, 0.3) is 0 Å². The van der Waals surface area contributed by atoms with E-state index >= 15 is 0 Å². The summed E-state index contributed by atoms with van der Waals surface area (Å²) in [6.07, 6.45) is 5.48. The maximum Gasteiger partial charge on any atom is 0.214 e. The highest BCUT2D eigenvalue weighted by molar-refractivity contribution is 8.00. The number of hydrogen-bond acceptors (Lipinski definition) is 4. The predicted octanol–water partition coefficient (Wildman–Crippen LogP) is 1.27. The summed E-state index contributed by atoms with van der Waals surface area (Å²) in [5.41, 5.74) is 5.79. The zero-order valence-corrected chi connectivity index (χ0v) is 12.4. The minimum atomic E-state index is -3.03. The fourth-order valence-electron chi connectivity index (χ4n) is 2.12. The van der Waals surface area contributed by atoms with E-state index in [-0.39, 0.29) is 4.75 Å². The Morgan fingerprint density at radius 2 is 1.94 bits per heavy atom. The van der Waals surface area contributed by atoms with Crippen LogP contribution < -0.4 is 5.73 Å². The zero-order valence-electron chi connectivity index (χ0n) is 10.8. The van der Waals surface area contributed by atoms with Crippen LogP contribution in [0.5, 0.6) is 0 Å². The molecule has 0 aliphatic carbocycles. The number of hydrogen-bond donors (Lipinski definition) is 1. The zero-order chi connectivity index (χ0) is 12.9. The van der Waals surface area contributed by atoms with E-state index in [1.54, 1.807) is 16.1 Å². The van der Waals surface area contributed by atoms with Gasteiger partial charge in [0.05, 0.1) is 5.75 Å². The first-order valence-corrected chi connectivity index (χ1v) is 9.06. The van der Waals surface area contributed by atoms with Crippen LogP contribution in [-0.2, 0) is 10.0 Å². The number of piperidine rings is 1. The van der Waals surface area contributed by atoms with E-state index in [2.05, 4.69) is 6.26 Å². The fraction of sp³-hybridized carbons (Fsp3) is 1.00. The molecular formula is C11H24N2O2S2. The lowest BCUT2D eigenvalue weighted by Gasteiger charge is -2.39. The average molecular weight is 280 g/mol. The molecule has 4 nitrogen and oxygen atoms in total. The van der Waals surface area contributed by atoms with Crippen molar-refractivity contribution in [2.24, 2.45) is 5.73 Å². The number of nitrogens with zero attached hydrogens (tertiary/aromatic N) is 1. The highest BCUT2D eigenvalue weighted by Crippen LogP contribution is 2.34. The van der Waals surface area contributed by atoms with Gasteiger partial charge in [-0.2, -0.15) is 11.8 Å². The maximum absolute atomic E-state index is 12.0. The molecule has 0 saturated carbocycles. The van der Waals surface area contributed by atoms with E-state index in [0.29, 0.717) is 25.4 Å². The first-order valence-electron chi connectivity index (χ1n) is 6.23. The van der Waals surface area contributed by atoms with Crippen molar-refractivity contribution < 1.29 is 8.42 Å². The molecule has 1 aliphatic heterocycles. The summed E-state index contributed by atoms with van der Waals surface area (Å²) >= 11 is 1.78. The van der Waals surface area contributed by atoms with Crippen LogP contribution in [0.2, 0.25) is 0 Å². The van der Waals surface area contributed by atoms with Gasteiger partial charge in [-0.25, -0.2) is 12.7 Å². The first kappa shape index (κ1) is 15.3. The molecule has 0 bridgehead atoms. The predicted molar refractivity (Wildman–Crippen MR) is 74.8 cm³/mol. The molecule has 1 heterocycles. The van der Waals surface area contributed by atoms with E-state index in [0.717, 1.165) is 25.7 Å². The van der Waals surface area contributed by atoms with Gasteiger partial charge in [-0.05, 0) is 25.5 Å². The normalized spacial score (nSPS) is 21.6. The summed E-state index contributed by atoms with van der Waals surface area (Å²) in [5, 5.41) is 0. The Kier molecular flexibility index (Phi) is 5.76. The Hall–Kier alpha value is 0.220. The Labute approximate surface area is 109 Å². The summed E-state index contributed by atoms with van der Waals surface area (Å²) in [5.74, 6) is 0.290. The van der Waals surface area contributed by atoms with Crippen LogP contribution in [-0.4, -0.2) is 49.1 Å². The molecule has 1 rings (SSSR count). The third-order valence-electron chi connectivity index (χ3n) is 3.59. The second-order valence-electron chi connectivity index (χ2n) is 4.66. The van der Waals surface area contributed by atoms with Crippen LogP contribution in [0.3, 0.4) is 0 Å². The Bertz CT molecular complexity index is 316. The lowest BCUT2D eigenvalue weighted by molar-refractivity contribution is 0.301. The van der Waals surface area contributed by atoms with Gasteiger partial charge < -0.3 is 5.73 Å². The molecule has 102 valence electrons. The minimum Gasteiger partial charge on any atom is -0.329 e. The van der Waals surface area contributed by atoms with Gasteiger partial charge in [0.2, 0.25) is 10.0 Å².